The molecule has 0 aromatic heterocycles. The lowest BCUT2D eigenvalue weighted by Crippen LogP contribution is -2.18. The topological polar surface area (TPSA) is 3.24 Å². The summed E-state index contributed by atoms with van der Waals surface area (Å²) in [6.45, 7) is 3.63. The molecule has 1 aliphatic heterocycles. The van der Waals surface area contributed by atoms with E-state index in [-0.39, 0.29) is 0 Å². The number of rotatable bonds is 3. The quantitative estimate of drug-likeness (QED) is 0.449. The van der Waals surface area contributed by atoms with Gasteiger partial charge in [0.05, 0.1) is 0 Å². The number of hydrogen-bond acceptors (Lipinski definition) is 1. The molecule has 1 nitrogen and oxygen atoms in total. The molecule has 0 aliphatic carbocycles. The molecule has 10 heavy (non-hydrogen) atoms. The van der Waals surface area contributed by atoms with Crippen molar-refractivity contribution < 1.29 is 0 Å². The van der Waals surface area contributed by atoms with Crippen molar-refractivity contribution in [3.8, 4) is 0 Å². The van der Waals surface area contributed by atoms with Gasteiger partial charge >= 0.3 is 0 Å². The number of nitrogens with zero attached hydrogens (tertiary/aromatic N) is 1. The number of likely N-dealkylation sites (tertiary alicyclic amines) is 1. The van der Waals surface area contributed by atoms with Gasteiger partial charge in [0, 0.05) is 12.4 Å². The van der Waals surface area contributed by atoms with Crippen LogP contribution in [0.25, 0.3) is 0 Å². The zero-order valence-corrected chi connectivity index (χ0v) is 6.98. The van der Waals surface area contributed by atoms with E-state index in [0.717, 1.165) is 6.54 Å². The van der Waals surface area contributed by atoms with E-state index in [4.69, 9.17) is 11.6 Å². The van der Waals surface area contributed by atoms with Gasteiger partial charge < -0.3 is 0 Å². The molecular formula is C8H14ClN. The minimum atomic E-state index is 0.647. The fraction of sp³-hybridized carbons (Fsp3) is 0.750. The highest BCUT2D eigenvalue weighted by molar-refractivity contribution is 6.18. The summed E-state index contributed by atoms with van der Waals surface area (Å²) >= 11 is 5.48. The molecule has 1 fully saturated rings. The summed E-state index contributed by atoms with van der Waals surface area (Å²) in [5, 5.41) is 0. The van der Waals surface area contributed by atoms with E-state index in [0.29, 0.717) is 5.88 Å². The molecule has 0 N–H and O–H groups in total. The first kappa shape index (κ1) is 8.09. The first-order valence-corrected chi connectivity index (χ1v) is 4.40. The summed E-state index contributed by atoms with van der Waals surface area (Å²) in [4.78, 5) is 2.45. The molecule has 0 aromatic rings. The van der Waals surface area contributed by atoms with Crippen molar-refractivity contribution in [2.45, 2.75) is 12.8 Å². The first-order valence-electron chi connectivity index (χ1n) is 3.87. The third-order valence-electron chi connectivity index (χ3n) is 1.82. The van der Waals surface area contributed by atoms with Crippen molar-refractivity contribution in [1.29, 1.82) is 0 Å². The molecule has 1 saturated heterocycles. The van der Waals surface area contributed by atoms with Gasteiger partial charge in [0.2, 0.25) is 0 Å². The zero-order valence-electron chi connectivity index (χ0n) is 6.22. The number of allylic oxidation sites excluding steroid dienone is 1. The molecule has 1 heterocycles. The Morgan fingerprint density at radius 2 is 1.90 bits per heavy atom. The predicted octanol–water partition coefficient (Wildman–Crippen LogP) is 1.88. The van der Waals surface area contributed by atoms with Crippen molar-refractivity contribution in [2.75, 3.05) is 25.5 Å². The average molecular weight is 160 g/mol. The van der Waals surface area contributed by atoms with E-state index in [1.165, 1.54) is 25.9 Å². The molecule has 2 heteroatoms. The van der Waals surface area contributed by atoms with Crippen LogP contribution in [-0.4, -0.2) is 30.4 Å². The van der Waals surface area contributed by atoms with Crippen molar-refractivity contribution >= 4 is 11.6 Å². The molecule has 0 radical (unpaired) electrons. The molecular weight excluding hydrogens is 146 g/mol. The van der Waals surface area contributed by atoms with E-state index >= 15 is 0 Å². The maximum atomic E-state index is 5.48. The largest absolute Gasteiger partial charge is 0.300 e. The van der Waals surface area contributed by atoms with Crippen LogP contribution >= 0.6 is 11.6 Å². The molecule has 1 aliphatic rings. The highest BCUT2D eigenvalue weighted by atomic mass is 35.5. The van der Waals surface area contributed by atoms with Crippen LogP contribution in [0.2, 0.25) is 0 Å². The van der Waals surface area contributed by atoms with Crippen LogP contribution in [0.3, 0.4) is 0 Å². The first-order chi connectivity index (χ1) is 4.93. The second kappa shape index (κ2) is 4.75. The molecule has 0 atom stereocenters. The molecule has 0 unspecified atom stereocenters. The standard InChI is InChI=1S/C8H14ClN/c9-5-1-2-6-10-7-3-4-8-10/h1-2H,3-8H2. The average Bonchev–Trinajstić information content (AvgIpc) is 2.41. The van der Waals surface area contributed by atoms with Crippen LogP contribution in [0.5, 0.6) is 0 Å². The van der Waals surface area contributed by atoms with Gasteiger partial charge in [-0.05, 0) is 25.9 Å². The Kier molecular flexibility index (Phi) is 3.84. The zero-order chi connectivity index (χ0) is 7.23. The Hall–Kier alpha value is -0.0100. The van der Waals surface area contributed by atoms with E-state index in [9.17, 15) is 0 Å². The second-order valence-corrected chi connectivity index (χ2v) is 2.94. The Balaban J connectivity index is 2.06. The van der Waals surface area contributed by atoms with Crippen LogP contribution in [0.1, 0.15) is 12.8 Å². The smallest absolute Gasteiger partial charge is 0.0404 e. The normalized spacial score (nSPS) is 20.9. The maximum absolute atomic E-state index is 5.48. The lowest BCUT2D eigenvalue weighted by Gasteiger charge is -2.09. The van der Waals surface area contributed by atoms with Gasteiger partial charge in [-0.3, -0.25) is 4.90 Å². The van der Waals surface area contributed by atoms with Crippen LogP contribution in [-0.2, 0) is 0 Å². The maximum Gasteiger partial charge on any atom is 0.0404 e. The monoisotopic (exact) mass is 159 g/mol. The molecule has 0 bridgehead atoms. The molecule has 0 saturated carbocycles. The minimum Gasteiger partial charge on any atom is -0.300 e. The number of halogens is 1. The van der Waals surface area contributed by atoms with Gasteiger partial charge in [0.25, 0.3) is 0 Å². The SMILES string of the molecule is ClCC=CCN1CCCC1. The molecule has 58 valence electrons. The Morgan fingerprint density at radius 1 is 1.20 bits per heavy atom. The van der Waals surface area contributed by atoms with Crippen LogP contribution in [0.15, 0.2) is 12.2 Å². The Bertz CT molecular complexity index is 106. The predicted molar refractivity (Wildman–Crippen MR) is 45.5 cm³/mol. The van der Waals surface area contributed by atoms with E-state index in [2.05, 4.69) is 11.0 Å². The Morgan fingerprint density at radius 3 is 2.50 bits per heavy atom. The van der Waals surface area contributed by atoms with Crippen LogP contribution in [0, 0.1) is 0 Å². The van der Waals surface area contributed by atoms with Crippen LogP contribution < -0.4 is 0 Å². The molecule has 0 amide bonds. The van der Waals surface area contributed by atoms with Gasteiger partial charge in [0.15, 0.2) is 0 Å². The van der Waals surface area contributed by atoms with E-state index < -0.39 is 0 Å². The lowest BCUT2D eigenvalue weighted by atomic mass is 10.4. The van der Waals surface area contributed by atoms with Gasteiger partial charge in [-0.15, -0.1) is 11.6 Å². The van der Waals surface area contributed by atoms with Gasteiger partial charge in [-0.2, -0.15) is 0 Å². The third-order valence-corrected chi connectivity index (χ3v) is 2.00. The molecule has 0 spiro atoms. The summed E-state index contributed by atoms with van der Waals surface area (Å²) in [7, 11) is 0. The summed E-state index contributed by atoms with van der Waals surface area (Å²) in [5.41, 5.74) is 0. The van der Waals surface area contributed by atoms with E-state index in [1.54, 1.807) is 0 Å². The third kappa shape index (κ3) is 2.72. The van der Waals surface area contributed by atoms with Crippen molar-refractivity contribution in [2.24, 2.45) is 0 Å². The lowest BCUT2D eigenvalue weighted by molar-refractivity contribution is 0.377. The van der Waals surface area contributed by atoms with E-state index in [1.807, 2.05) is 6.08 Å². The van der Waals surface area contributed by atoms with Gasteiger partial charge in [-0.1, -0.05) is 12.2 Å². The summed E-state index contributed by atoms with van der Waals surface area (Å²) in [6.07, 6.45) is 6.90. The van der Waals surface area contributed by atoms with Gasteiger partial charge in [-0.25, -0.2) is 0 Å². The highest BCUT2D eigenvalue weighted by Crippen LogP contribution is 2.06. The summed E-state index contributed by atoms with van der Waals surface area (Å²) in [5.74, 6) is 0.647. The summed E-state index contributed by atoms with van der Waals surface area (Å²) < 4.78 is 0. The summed E-state index contributed by atoms with van der Waals surface area (Å²) in [6, 6.07) is 0. The minimum absolute atomic E-state index is 0.647. The molecule has 1 rings (SSSR count). The fourth-order valence-corrected chi connectivity index (χ4v) is 1.38. The highest BCUT2D eigenvalue weighted by Gasteiger charge is 2.08. The van der Waals surface area contributed by atoms with Crippen LogP contribution in [0.4, 0.5) is 0 Å². The van der Waals surface area contributed by atoms with Crippen molar-refractivity contribution in [3.63, 3.8) is 0 Å². The van der Waals surface area contributed by atoms with Gasteiger partial charge in [0.1, 0.15) is 0 Å². The Labute approximate surface area is 67.7 Å². The van der Waals surface area contributed by atoms with Crippen molar-refractivity contribution in [1.82, 2.24) is 4.90 Å². The second-order valence-electron chi connectivity index (χ2n) is 2.63. The van der Waals surface area contributed by atoms with Crippen molar-refractivity contribution in [3.05, 3.63) is 12.2 Å². The molecule has 0 aromatic carbocycles. The number of alkyl halides is 1. The number of hydrogen-bond donors (Lipinski definition) is 0. The fourth-order valence-electron chi connectivity index (χ4n) is 1.25.